The van der Waals surface area contributed by atoms with Gasteiger partial charge in [-0.05, 0) is 37.1 Å². The van der Waals surface area contributed by atoms with Crippen LogP contribution in [0.5, 0.6) is 5.75 Å². The number of hydrogen-bond acceptors (Lipinski definition) is 3. The number of carbonyl (C=O) groups excluding carboxylic acids is 1. The molecule has 0 aliphatic heterocycles. The maximum Gasteiger partial charge on any atom is 0.224 e. The Hall–Kier alpha value is -1.62. The molecule has 0 fully saturated rings. The molecular formula is C14H21FN2O2. The van der Waals surface area contributed by atoms with Crippen LogP contribution in [0.4, 0.5) is 4.39 Å². The van der Waals surface area contributed by atoms with Gasteiger partial charge in [0.2, 0.25) is 5.91 Å². The lowest BCUT2D eigenvalue weighted by Gasteiger charge is -2.10. The van der Waals surface area contributed by atoms with Gasteiger partial charge < -0.3 is 15.8 Å². The van der Waals surface area contributed by atoms with Gasteiger partial charge >= 0.3 is 0 Å². The number of nitrogens with two attached hydrogens (primary N) is 1. The van der Waals surface area contributed by atoms with Crippen LogP contribution < -0.4 is 15.8 Å². The molecule has 0 saturated heterocycles. The Morgan fingerprint density at radius 3 is 2.84 bits per heavy atom. The summed E-state index contributed by atoms with van der Waals surface area (Å²) in [5.74, 6) is -0.129. The number of ether oxygens (including phenoxy) is 1. The summed E-state index contributed by atoms with van der Waals surface area (Å²) in [6.07, 6.45) is 0.153. The van der Waals surface area contributed by atoms with Crippen LogP contribution in [0.25, 0.3) is 0 Å². The molecule has 1 atom stereocenters. The topological polar surface area (TPSA) is 64.3 Å². The lowest BCUT2D eigenvalue weighted by atomic mass is 10.1. The molecule has 5 heteroatoms. The SMILES string of the molecule is CCOc1ccc(CC(=O)NCC(C)CN)cc1F. The molecule has 106 valence electrons. The Labute approximate surface area is 113 Å². The molecule has 1 rings (SSSR count). The number of amides is 1. The second-order valence-corrected chi connectivity index (χ2v) is 4.52. The van der Waals surface area contributed by atoms with E-state index in [0.29, 0.717) is 25.3 Å². The third kappa shape index (κ3) is 5.26. The minimum Gasteiger partial charge on any atom is -0.491 e. The molecule has 1 aromatic rings. The highest BCUT2D eigenvalue weighted by molar-refractivity contribution is 5.78. The van der Waals surface area contributed by atoms with Crippen molar-refractivity contribution in [3.05, 3.63) is 29.6 Å². The van der Waals surface area contributed by atoms with Crippen LogP contribution in [0.15, 0.2) is 18.2 Å². The smallest absolute Gasteiger partial charge is 0.224 e. The Morgan fingerprint density at radius 2 is 2.26 bits per heavy atom. The predicted molar refractivity (Wildman–Crippen MR) is 72.5 cm³/mol. The van der Waals surface area contributed by atoms with Crippen molar-refractivity contribution in [1.82, 2.24) is 5.32 Å². The van der Waals surface area contributed by atoms with Crippen molar-refractivity contribution < 1.29 is 13.9 Å². The molecule has 4 nitrogen and oxygen atoms in total. The van der Waals surface area contributed by atoms with Gasteiger partial charge in [-0.1, -0.05) is 13.0 Å². The van der Waals surface area contributed by atoms with Crippen LogP contribution in [0.3, 0.4) is 0 Å². The van der Waals surface area contributed by atoms with Gasteiger partial charge in [0, 0.05) is 6.54 Å². The van der Waals surface area contributed by atoms with Gasteiger partial charge in [0.05, 0.1) is 13.0 Å². The van der Waals surface area contributed by atoms with E-state index in [0.717, 1.165) is 0 Å². The van der Waals surface area contributed by atoms with E-state index in [-0.39, 0.29) is 24.0 Å². The first-order valence-corrected chi connectivity index (χ1v) is 6.44. The van der Waals surface area contributed by atoms with Gasteiger partial charge in [-0.2, -0.15) is 0 Å². The van der Waals surface area contributed by atoms with Gasteiger partial charge in [0.25, 0.3) is 0 Å². The van der Waals surface area contributed by atoms with Crippen LogP contribution in [-0.2, 0) is 11.2 Å². The molecule has 0 saturated carbocycles. The van der Waals surface area contributed by atoms with Crippen molar-refractivity contribution in [2.45, 2.75) is 20.3 Å². The molecule has 0 aliphatic carbocycles. The molecule has 19 heavy (non-hydrogen) atoms. The summed E-state index contributed by atoms with van der Waals surface area (Å²) in [4.78, 5) is 11.6. The van der Waals surface area contributed by atoms with E-state index in [1.54, 1.807) is 19.1 Å². The fraction of sp³-hybridized carbons (Fsp3) is 0.500. The zero-order chi connectivity index (χ0) is 14.3. The Balaban J connectivity index is 2.53. The highest BCUT2D eigenvalue weighted by atomic mass is 19.1. The minimum absolute atomic E-state index is 0.135. The van der Waals surface area contributed by atoms with Crippen molar-refractivity contribution in [3.8, 4) is 5.75 Å². The third-order valence-corrected chi connectivity index (χ3v) is 2.71. The summed E-state index contributed by atoms with van der Waals surface area (Å²) in [7, 11) is 0. The van der Waals surface area contributed by atoms with Gasteiger partial charge in [-0.3, -0.25) is 4.79 Å². The van der Waals surface area contributed by atoms with Crippen LogP contribution in [0.2, 0.25) is 0 Å². The van der Waals surface area contributed by atoms with Crippen LogP contribution in [0.1, 0.15) is 19.4 Å². The highest BCUT2D eigenvalue weighted by Crippen LogP contribution is 2.18. The maximum atomic E-state index is 13.6. The van der Waals surface area contributed by atoms with E-state index in [9.17, 15) is 9.18 Å². The number of benzene rings is 1. The number of halogens is 1. The first-order chi connectivity index (χ1) is 9.06. The van der Waals surface area contributed by atoms with Crippen LogP contribution >= 0.6 is 0 Å². The molecule has 3 N–H and O–H groups in total. The molecule has 0 aromatic heterocycles. The largest absolute Gasteiger partial charge is 0.491 e. The molecule has 0 heterocycles. The minimum atomic E-state index is -0.442. The average Bonchev–Trinajstić information content (AvgIpc) is 2.39. The molecular weight excluding hydrogens is 247 g/mol. The van der Waals surface area contributed by atoms with Crippen molar-refractivity contribution in [1.29, 1.82) is 0 Å². The fourth-order valence-corrected chi connectivity index (χ4v) is 1.55. The summed E-state index contributed by atoms with van der Waals surface area (Å²) in [6, 6.07) is 4.57. The zero-order valence-electron chi connectivity index (χ0n) is 11.4. The second kappa shape index (κ2) is 7.74. The van der Waals surface area contributed by atoms with E-state index in [1.165, 1.54) is 6.07 Å². The molecule has 0 bridgehead atoms. The van der Waals surface area contributed by atoms with Crippen LogP contribution in [-0.4, -0.2) is 25.6 Å². The first kappa shape index (κ1) is 15.4. The van der Waals surface area contributed by atoms with E-state index >= 15 is 0 Å². The van der Waals surface area contributed by atoms with Crippen LogP contribution in [0, 0.1) is 11.7 Å². The van der Waals surface area contributed by atoms with Crippen molar-refractivity contribution in [2.24, 2.45) is 11.7 Å². The highest BCUT2D eigenvalue weighted by Gasteiger charge is 2.08. The number of rotatable bonds is 7. The lowest BCUT2D eigenvalue weighted by molar-refractivity contribution is -0.120. The van der Waals surface area contributed by atoms with E-state index < -0.39 is 5.82 Å². The summed E-state index contributed by atoms with van der Waals surface area (Å²) < 4.78 is 18.7. The van der Waals surface area contributed by atoms with Crippen molar-refractivity contribution in [3.63, 3.8) is 0 Å². The fourth-order valence-electron chi connectivity index (χ4n) is 1.55. The summed E-state index contributed by atoms with van der Waals surface area (Å²) in [5, 5.41) is 2.77. The molecule has 1 unspecified atom stereocenters. The lowest BCUT2D eigenvalue weighted by Crippen LogP contribution is -2.32. The van der Waals surface area contributed by atoms with Gasteiger partial charge in [0.15, 0.2) is 11.6 Å². The average molecular weight is 268 g/mol. The monoisotopic (exact) mass is 268 g/mol. The summed E-state index contributed by atoms with van der Waals surface area (Å²) >= 11 is 0. The third-order valence-electron chi connectivity index (χ3n) is 2.71. The Morgan fingerprint density at radius 1 is 1.53 bits per heavy atom. The second-order valence-electron chi connectivity index (χ2n) is 4.52. The summed E-state index contributed by atoms with van der Waals surface area (Å²) in [5.41, 5.74) is 6.08. The maximum absolute atomic E-state index is 13.6. The number of hydrogen-bond donors (Lipinski definition) is 2. The quantitative estimate of drug-likeness (QED) is 0.787. The molecule has 1 amide bonds. The van der Waals surface area contributed by atoms with Crippen molar-refractivity contribution >= 4 is 5.91 Å². The number of nitrogens with one attached hydrogen (secondary N) is 1. The van der Waals surface area contributed by atoms with E-state index in [4.69, 9.17) is 10.5 Å². The summed E-state index contributed by atoms with van der Waals surface area (Å²) in [6.45, 7) is 5.22. The molecule has 0 radical (unpaired) electrons. The number of carbonyl (C=O) groups is 1. The van der Waals surface area contributed by atoms with Gasteiger partial charge in [0.1, 0.15) is 0 Å². The van der Waals surface area contributed by atoms with E-state index in [1.807, 2.05) is 6.92 Å². The predicted octanol–water partition coefficient (Wildman–Crippen LogP) is 1.48. The van der Waals surface area contributed by atoms with E-state index in [2.05, 4.69) is 5.32 Å². The molecule has 1 aromatic carbocycles. The Kier molecular flexibility index (Phi) is 6.29. The Bertz CT molecular complexity index is 424. The normalized spacial score (nSPS) is 12.0. The van der Waals surface area contributed by atoms with Crippen molar-refractivity contribution in [2.75, 3.05) is 19.7 Å². The van der Waals surface area contributed by atoms with Gasteiger partial charge in [-0.25, -0.2) is 4.39 Å². The first-order valence-electron chi connectivity index (χ1n) is 6.44. The standard InChI is InChI=1S/C14H21FN2O2/c1-3-19-13-5-4-11(6-12(13)15)7-14(18)17-9-10(2)8-16/h4-6,10H,3,7-9,16H2,1-2H3,(H,17,18). The molecule has 0 spiro atoms. The zero-order valence-corrected chi connectivity index (χ0v) is 11.4. The molecule has 0 aliphatic rings. The van der Waals surface area contributed by atoms with Gasteiger partial charge in [-0.15, -0.1) is 0 Å².